The van der Waals surface area contributed by atoms with E-state index < -0.39 is 6.10 Å². The van der Waals surface area contributed by atoms with E-state index in [2.05, 4.69) is 5.32 Å². The van der Waals surface area contributed by atoms with E-state index in [0.717, 1.165) is 25.7 Å². The van der Waals surface area contributed by atoms with Crippen LogP contribution in [0.5, 0.6) is 5.75 Å². The molecular formula is C14H17Cl2NO3. The number of carbonyl (C=O) groups excluding carboxylic acids is 1. The van der Waals surface area contributed by atoms with E-state index >= 15 is 0 Å². The molecule has 1 saturated carbocycles. The molecule has 4 nitrogen and oxygen atoms in total. The molecule has 110 valence electrons. The fourth-order valence-electron chi connectivity index (χ4n) is 2.26. The van der Waals surface area contributed by atoms with Crippen molar-refractivity contribution < 1.29 is 14.6 Å². The maximum Gasteiger partial charge on any atom is 0.258 e. The summed E-state index contributed by atoms with van der Waals surface area (Å²) in [5.41, 5.74) is 0. The summed E-state index contributed by atoms with van der Waals surface area (Å²) in [6, 6.07) is 4.64. The van der Waals surface area contributed by atoms with Crippen LogP contribution in [0.15, 0.2) is 18.2 Å². The number of rotatable bonds is 4. The van der Waals surface area contributed by atoms with Gasteiger partial charge in [-0.05, 0) is 25.0 Å². The van der Waals surface area contributed by atoms with Gasteiger partial charge in [0.25, 0.3) is 5.91 Å². The molecule has 20 heavy (non-hydrogen) atoms. The van der Waals surface area contributed by atoms with E-state index in [1.54, 1.807) is 18.2 Å². The maximum atomic E-state index is 11.8. The normalized spacial score (nSPS) is 22.4. The Morgan fingerprint density at radius 2 is 2.10 bits per heavy atom. The molecule has 0 unspecified atom stereocenters. The van der Waals surface area contributed by atoms with Crippen LogP contribution in [0, 0.1) is 0 Å². The van der Waals surface area contributed by atoms with Crippen LogP contribution in [0.2, 0.25) is 10.0 Å². The van der Waals surface area contributed by atoms with Crippen LogP contribution in [0.3, 0.4) is 0 Å². The van der Waals surface area contributed by atoms with Gasteiger partial charge in [-0.1, -0.05) is 36.0 Å². The van der Waals surface area contributed by atoms with E-state index in [4.69, 9.17) is 27.9 Å². The number of hydrogen-bond donors (Lipinski definition) is 2. The highest BCUT2D eigenvalue weighted by molar-refractivity contribution is 6.34. The van der Waals surface area contributed by atoms with Gasteiger partial charge in [-0.15, -0.1) is 0 Å². The first-order valence-electron chi connectivity index (χ1n) is 6.61. The van der Waals surface area contributed by atoms with Crippen molar-refractivity contribution in [3.05, 3.63) is 28.2 Å². The van der Waals surface area contributed by atoms with Crippen LogP contribution in [0.1, 0.15) is 25.7 Å². The lowest BCUT2D eigenvalue weighted by molar-refractivity contribution is -0.125. The van der Waals surface area contributed by atoms with Crippen molar-refractivity contribution in [1.82, 2.24) is 5.32 Å². The molecule has 2 rings (SSSR count). The third-order valence-electron chi connectivity index (χ3n) is 3.33. The fourth-order valence-corrected chi connectivity index (χ4v) is 2.59. The second-order valence-electron chi connectivity index (χ2n) is 4.89. The Kier molecular flexibility index (Phi) is 5.52. The zero-order valence-electron chi connectivity index (χ0n) is 10.9. The molecule has 0 saturated heterocycles. The highest BCUT2D eigenvalue weighted by Crippen LogP contribution is 2.27. The summed E-state index contributed by atoms with van der Waals surface area (Å²) in [6.45, 7) is -0.150. The second-order valence-corrected chi connectivity index (χ2v) is 5.73. The van der Waals surface area contributed by atoms with Gasteiger partial charge in [0, 0.05) is 11.1 Å². The van der Waals surface area contributed by atoms with Crippen molar-refractivity contribution in [3.63, 3.8) is 0 Å². The Hall–Kier alpha value is -0.970. The van der Waals surface area contributed by atoms with Crippen molar-refractivity contribution in [3.8, 4) is 5.75 Å². The quantitative estimate of drug-likeness (QED) is 0.897. The van der Waals surface area contributed by atoms with E-state index in [1.165, 1.54) is 0 Å². The fraction of sp³-hybridized carbons (Fsp3) is 0.500. The Morgan fingerprint density at radius 1 is 1.35 bits per heavy atom. The van der Waals surface area contributed by atoms with Crippen molar-refractivity contribution in [2.45, 2.75) is 37.8 Å². The molecule has 0 bridgehead atoms. The van der Waals surface area contributed by atoms with Gasteiger partial charge in [-0.25, -0.2) is 0 Å². The highest BCUT2D eigenvalue weighted by atomic mass is 35.5. The monoisotopic (exact) mass is 317 g/mol. The maximum absolute atomic E-state index is 11.8. The lowest BCUT2D eigenvalue weighted by Gasteiger charge is -2.28. The summed E-state index contributed by atoms with van der Waals surface area (Å²) in [5.74, 6) is 0.102. The number of aliphatic hydroxyl groups excluding tert-OH is 1. The first kappa shape index (κ1) is 15.4. The molecule has 0 aliphatic heterocycles. The lowest BCUT2D eigenvalue weighted by atomic mass is 9.92. The van der Waals surface area contributed by atoms with Gasteiger partial charge < -0.3 is 15.2 Å². The predicted octanol–water partition coefficient (Wildman–Crippen LogP) is 2.79. The van der Waals surface area contributed by atoms with E-state index in [1.807, 2.05) is 0 Å². The molecule has 0 spiro atoms. The molecule has 1 aromatic rings. The molecule has 1 fully saturated rings. The first-order chi connectivity index (χ1) is 9.56. The van der Waals surface area contributed by atoms with Gasteiger partial charge in [0.05, 0.1) is 17.2 Å². The van der Waals surface area contributed by atoms with Gasteiger partial charge in [-0.2, -0.15) is 0 Å². The number of nitrogens with one attached hydrogen (secondary N) is 1. The average molecular weight is 318 g/mol. The number of carbonyl (C=O) groups is 1. The summed E-state index contributed by atoms with van der Waals surface area (Å²) in [6.07, 6.45) is 3.07. The summed E-state index contributed by atoms with van der Waals surface area (Å²) in [4.78, 5) is 11.8. The minimum atomic E-state index is -0.470. The molecule has 0 heterocycles. The molecule has 1 amide bonds. The van der Waals surface area contributed by atoms with E-state index in [9.17, 15) is 9.90 Å². The Bertz CT molecular complexity index is 481. The molecule has 1 aromatic carbocycles. The Morgan fingerprint density at radius 3 is 2.85 bits per heavy atom. The number of ether oxygens (including phenoxy) is 1. The highest BCUT2D eigenvalue weighted by Gasteiger charge is 2.24. The molecule has 0 aromatic heterocycles. The van der Waals surface area contributed by atoms with Crippen LogP contribution in [0.25, 0.3) is 0 Å². The predicted molar refractivity (Wildman–Crippen MR) is 78.4 cm³/mol. The number of hydrogen-bond acceptors (Lipinski definition) is 3. The van der Waals surface area contributed by atoms with Crippen LogP contribution < -0.4 is 10.1 Å². The standard InChI is InChI=1S/C14H17Cl2NO3/c15-9-5-6-10(16)13(7-9)20-8-14(19)17-11-3-1-2-4-12(11)18/h5-7,11-12,18H,1-4,8H2,(H,17,19)/t11-,12-/m0/s1. The Balaban J connectivity index is 1.84. The smallest absolute Gasteiger partial charge is 0.258 e. The molecule has 6 heteroatoms. The molecule has 0 radical (unpaired) electrons. The molecular weight excluding hydrogens is 301 g/mol. The number of aliphatic hydroxyl groups is 1. The summed E-state index contributed by atoms with van der Waals surface area (Å²) in [7, 11) is 0. The summed E-state index contributed by atoms with van der Waals surface area (Å²) in [5, 5.41) is 13.5. The molecule has 2 atom stereocenters. The minimum Gasteiger partial charge on any atom is -0.482 e. The van der Waals surface area contributed by atoms with E-state index in [0.29, 0.717) is 15.8 Å². The van der Waals surface area contributed by atoms with Gasteiger partial charge in [0.2, 0.25) is 0 Å². The van der Waals surface area contributed by atoms with Crippen molar-refractivity contribution in [2.24, 2.45) is 0 Å². The van der Waals surface area contributed by atoms with Gasteiger partial charge in [0.15, 0.2) is 6.61 Å². The van der Waals surface area contributed by atoms with Crippen LogP contribution in [0.4, 0.5) is 0 Å². The number of benzene rings is 1. The van der Waals surface area contributed by atoms with Gasteiger partial charge >= 0.3 is 0 Å². The van der Waals surface area contributed by atoms with Crippen LogP contribution in [-0.2, 0) is 4.79 Å². The van der Waals surface area contributed by atoms with Crippen LogP contribution in [-0.4, -0.2) is 29.8 Å². The van der Waals surface area contributed by atoms with Gasteiger partial charge in [0.1, 0.15) is 5.75 Å². The zero-order chi connectivity index (χ0) is 14.5. The van der Waals surface area contributed by atoms with Crippen molar-refractivity contribution in [2.75, 3.05) is 6.61 Å². The first-order valence-corrected chi connectivity index (χ1v) is 7.37. The third kappa shape index (κ3) is 4.27. The van der Waals surface area contributed by atoms with Crippen LogP contribution >= 0.6 is 23.2 Å². The zero-order valence-corrected chi connectivity index (χ0v) is 12.5. The Labute approximate surface area is 128 Å². The summed E-state index contributed by atoms with van der Waals surface area (Å²) < 4.78 is 5.35. The molecule has 1 aliphatic carbocycles. The number of amides is 1. The average Bonchev–Trinajstić information content (AvgIpc) is 2.42. The van der Waals surface area contributed by atoms with E-state index in [-0.39, 0.29) is 18.6 Å². The second kappa shape index (κ2) is 7.16. The molecule has 2 N–H and O–H groups in total. The number of halogens is 2. The van der Waals surface area contributed by atoms with Crippen molar-refractivity contribution >= 4 is 29.1 Å². The van der Waals surface area contributed by atoms with Crippen molar-refractivity contribution in [1.29, 1.82) is 0 Å². The van der Waals surface area contributed by atoms with Gasteiger partial charge in [-0.3, -0.25) is 4.79 Å². The minimum absolute atomic E-state index is 0.150. The third-order valence-corrected chi connectivity index (χ3v) is 3.88. The SMILES string of the molecule is O=C(COc1cc(Cl)ccc1Cl)N[C@H]1CCCC[C@@H]1O. The topological polar surface area (TPSA) is 58.6 Å². The summed E-state index contributed by atoms with van der Waals surface area (Å²) >= 11 is 11.8. The molecule has 1 aliphatic rings. The lowest BCUT2D eigenvalue weighted by Crippen LogP contribution is -2.46. The largest absolute Gasteiger partial charge is 0.482 e.